The Bertz CT molecular complexity index is 277. The first-order valence-corrected chi connectivity index (χ1v) is 4.91. The summed E-state index contributed by atoms with van der Waals surface area (Å²) >= 11 is 0. The largest absolute Gasteiger partial charge is 0.397 e. The number of rotatable bonds is 3. The molecule has 2 nitrogen and oxygen atoms in total. The molecule has 0 bridgehead atoms. The van der Waals surface area contributed by atoms with Crippen LogP contribution in [-0.2, 0) is 0 Å². The van der Waals surface area contributed by atoms with Crippen molar-refractivity contribution in [2.75, 3.05) is 5.73 Å². The van der Waals surface area contributed by atoms with Crippen LogP contribution in [-0.4, -0.2) is 4.98 Å². The van der Waals surface area contributed by atoms with Gasteiger partial charge in [0.05, 0.1) is 11.9 Å². The SMILES string of the molecule is CCC(CC)c1ncc(N)cc1C. The van der Waals surface area contributed by atoms with Crippen molar-refractivity contribution in [3.05, 3.63) is 23.5 Å². The van der Waals surface area contributed by atoms with E-state index in [4.69, 9.17) is 5.73 Å². The highest BCUT2D eigenvalue weighted by Gasteiger charge is 2.10. The van der Waals surface area contributed by atoms with Gasteiger partial charge in [0, 0.05) is 11.6 Å². The minimum atomic E-state index is 0.584. The van der Waals surface area contributed by atoms with Crippen molar-refractivity contribution in [3.63, 3.8) is 0 Å². The summed E-state index contributed by atoms with van der Waals surface area (Å²) in [5, 5.41) is 0. The molecule has 0 saturated heterocycles. The summed E-state index contributed by atoms with van der Waals surface area (Å²) in [5.74, 6) is 0.584. The van der Waals surface area contributed by atoms with Crippen molar-refractivity contribution >= 4 is 5.69 Å². The molecule has 0 radical (unpaired) electrons. The van der Waals surface area contributed by atoms with Gasteiger partial charge in [-0.3, -0.25) is 4.98 Å². The van der Waals surface area contributed by atoms with Crippen molar-refractivity contribution in [1.82, 2.24) is 4.98 Å². The Balaban J connectivity index is 2.99. The first-order valence-electron chi connectivity index (χ1n) is 4.91. The minimum absolute atomic E-state index is 0.584. The van der Waals surface area contributed by atoms with Crippen LogP contribution in [0.15, 0.2) is 12.3 Å². The molecule has 0 amide bonds. The Hall–Kier alpha value is -1.05. The van der Waals surface area contributed by atoms with E-state index in [2.05, 4.69) is 25.8 Å². The van der Waals surface area contributed by atoms with Gasteiger partial charge in [-0.05, 0) is 31.4 Å². The van der Waals surface area contributed by atoms with Crippen LogP contribution in [0, 0.1) is 6.92 Å². The van der Waals surface area contributed by atoms with Gasteiger partial charge < -0.3 is 5.73 Å². The third kappa shape index (κ3) is 2.20. The van der Waals surface area contributed by atoms with Gasteiger partial charge in [0.25, 0.3) is 0 Å². The third-order valence-electron chi connectivity index (χ3n) is 2.51. The second kappa shape index (κ2) is 4.26. The molecule has 0 aliphatic heterocycles. The highest BCUT2D eigenvalue weighted by atomic mass is 14.7. The van der Waals surface area contributed by atoms with E-state index >= 15 is 0 Å². The summed E-state index contributed by atoms with van der Waals surface area (Å²) in [6.07, 6.45) is 4.04. The van der Waals surface area contributed by atoms with Crippen LogP contribution in [0.2, 0.25) is 0 Å². The van der Waals surface area contributed by atoms with E-state index in [-0.39, 0.29) is 0 Å². The van der Waals surface area contributed by atoms with Gasteiger partial charge in [0.15, 0.2) is 0 Å². The summed E-state index contributed by atoms with van der Waals surface area (Å²) in [5.41, 5.74) is 8.83. The topological polar surface area (TPSA) is 38.9 Å². The Morgan fingerprint density at radius 1 is 1.38 bits per heavy atom. The van der Waals surface area contributed by atoms with Crippen LogP contribution in [0.5, 0.6) is 0 Å². The van der Waals surface area contributed by atoms with Gasteiger partial charge in [-0.15, -0.1) is 0 Å². The van der Waals surface area contributed by atoms with Crippen LogP contribution >= 0.6 is 0 Å². The first kappa shape index (κ1) is 10.0. The lowest BCUT2D eigenvalue weighted by Gasteiger charge is -2.14. The van der Waals surface area contributed by atoms with E-state index in [1.165, 1.54) is 11.3 Å². The maximum atomic E-state index is 5.65. The number of nitrogen functional groups attached to an aromatic ring is 1. The summed E-state index contributed by atoms with van der Waals surface area (Å²) in [6.45, 7) is 6.48. The fourth-order valence-electron chi connectivity index (χ4n) is 1.71. The predicted molar refractivity (Wildman–Crippen MR) is 56.7 cm³/mol. The Morgan fingerprint density at radius 3 is 2.46 bits per heavy atom. The van der Waals surface area contributed by atoms with E-state index in [9.17, 15) is 0 Å². The summed E-state index contributed by atoms with van der Waals surface area (Å²) < 4.78 is 0. The smallest absolute Gasteiger partial charge is 0.0503 e. The molecular formula is C11H18N2. The zero-order chi connectivity index (χ0) is 9.84. The molecule has 13 heavy (non-hydrogen) atoms. The fourth-order valence-corrected chi connectivity index (χ4v) is 1.71. The van der Waals surface area contributed by atoms with Crippen LogP contribution in [0.4, 0.5) is 5.69 Å². The predicted octanol–water partition coefficient (Wildman–Crippen LogP) is 2.88. The second-order valence-corrected chi connectivity index (χ2v) is 3.48. The third-order valence-corrected chi connectivity index (χ3v) is 2.51. The number of hydrogen-bond donors (Lipinski definition) is 1. The van der Waals surface area contributed by atoms with Crippen molar-refractivity contribution < 1.29 is 0 Å². The van der Waals surface area contributed by atoms with Gasteiger partial charge in [-0.2, -0.15) is 0 Å². The molecule has 0 aromatic carbocycles. The zero-order valence-corrected chi connectivity index (χ0v) is 8.67. The molecular weight excluding hydrogens is 160 g/mol. The number of nitrogens with zero attached hydrogens (tertiary/aromatic N) is 1. The number of aromatic nitrogens is 1. The molecule has 0 aliphatic rings. The minimum Gasteiger partial charge on any atom is -0.397 e. The van der Waals surface area contributed by atoms with Crippen LogP contribution < -0.4 is 5.73 Å². The van der Waals surface area contributed by atoms with Gasteiger partial charge in [-0.1, -0.05) is 13.8 Å². The van der Waals surface area contributed by atoms with Gasteiger partial charge >= 0.3 is 0 Å². The second-order valence-electron chi connectivity index (χ2n) is 3.48. The summed E-state index contributed by atoms with van der Waals surface area (Å²) in [7, 11) is 0. The van der Waals surface area contributed by atoms with E-state index in [0.29, 0.717) is 5.92 Å². The molecule has 1 rings (SSSR count). The monoisotopic (exact) mass is 178 g/mol. The number of nitrogens with two attached hydrogens (primary N) is 1. The van der Waals surface area contributed by atoms with Gasteiger partial charge in [0.1, 0.15) is 0 Å². The molecule has 0 atom stereocenters. The van der Waals surface area contributed by atoms with Crippen LogP contribution in [0.25, 0.3) is 0 Å². The van der Waals surface area contributed by atoms with Crippen LogP contribution in [0.3, 0.4) is 0 Å². The molecule has 0 fully saturated rings. The van der Waals surface area contributed by atoms with Crippen molar-refractivity contribution in [2.24, 2.45) is 0 Å². The maximum Gasteiger partial charge on any atom is 0.0503 e. The number of pyridine rings is 1. The molecule has 1 aromatic heterocycles. The van der Waals surface area contributed by atoms with Gasteiger partial charge in [-0.25, -0.2) is 0 Å². The molecule has 0 aliphatic carbocycles. The Labute approximate surface area is 80.2 Å². The number of anilines is 1. The average Bonchev–Trinajstić information content (AvgIpc) is 2.10. The zero-order valence-electron chi connectivity index (χ0n) is 8.67. The average molecular weight is 178 g/mol. The normalized spacial score (nSPS) is 10.8. The Kier molecular flexibility index (Phi) is 3.29. The summed E-state index contributed by atoms with van der Waals surface area (Å²) in [4.78, 5) is 4.39. The molecule has 1 aromatic rings. The lowest BCUT2D eigenvalue weighted by atomic mass is 9.95. The first-order chi connectivity index (χ1) is 6.19. The van der Waals surface area contributed by atoms with Crippen LogP contribution in [0.1, 0.15) is 43.9 Å². The van der Waals surface area contributed by atoms with E-state index < -0.39 is 0 Å². The standard InChI is InChI=1S/C11H18N2/c1-4-9(5-2)11-8(3)6-10(12)7-13-11/h6-7,9H,4-5,12H2,1-3H3. The van der Waals surface area contributed by atoms with Crippen molar-refractivity contribution in [3.8, 4) is 0 Å². The number of hydrogen-bond acceptors (Lipinski definition) is 2. The van der Waals surface area contributed by atoms with Crippen molar-refractivity contribution in [1.29, 1.82) is 0 Å². The molecule has 2 N–H and O–H groups in total. The molecule has 1 heterocycles. The molecule has 0 spiro atoms. The lowest BCUT2D eigenvalue weighted by molar-refractivity contribution is 0.619. The van der Waals surface area contributed by atoms with Gasteiger partial charge in [0.2, 0.25) is 0 Å². The highest BCUT2D eigenvalue weighted by Crippen LogP contribution is 2.24. The Morgan fingerprint density at radius 2 is 2.00 bits per heavy atom. The molecule has 0 saturated carbocycles. The molecule has 2 heteroatoms. The van der Waals surface area contributed by atoms with E-state index in [1.807, 2.05) is 6.07 Å². The maximum absolute atomic E-state index is 5.65. The van der Waals surface area contributed by atoms with E-state index in [0.717, 1.165) is 18.5 Å². The molecule has 0 unspecified atom stereocenters. The quantitative estimate of drug-likeness (QED) is 0.773. The molecule has 72 valence electrons. The van der Waals surface area contributed by atoms with E-state index in [1.54, 1.807) is 6.20 Å². The summed E-state index contributed by atoms with van der Waals surface area (Å²) in [6, 6.07) is 2.00. The highest BCUT2D eigenvalue weighted by molar-refractivity contribution is 5.40. The van der Waals surface area contributed by atoms with Crippen molar-refractivity contribution in [2.45, 2.75) is 39.5 Å². The lowest BCUT2D eigenvalue weighted by Crippen LogP contribution is -2.02. The fraction of sp³-hybridized carbons (Fsp3) is 0.545. The number of aryl methyl sites for hydroxylation is 1.